The van der Waals surface area contributed by atoms with E-state index in [0.717, 1.165) is 108 Å². The van der Waals surface area contributed by atoms with Gasteiger partial charge in [-0.15, -0.1) is 0 Å². The van der Waals surface area contributed by atoms with Crippen LogP contribution in [0.1, 0.15) is 395 Å². The van der Waals surface area contributed by atoms with Crippen LogP contribution in [0, 0.1) is 17.8 Å². The first kappa shape index (κ1) is 94.1. The highest BCUT2D eigenvalue weighted by Gasteiger charge is 2.30. The van der Waals surface area contributed by atoms with Gasteiger partial charge in [0.15, 0.2) is 12.2 Å². The van der Waals surface area contributed by atoms with Gasteiger partial charge in [0.25, 0.3) is 0 Å². The zero-order chi connectivity index (χ0) is 70.9. The van der Waals surface area contributed by atoms with Crippen LogP contribution in [-0.4, -0.2) is 96.7 Å². The molecule has 17 nitrogen and oxygen atoms in total. The van der Waals surface area contributed by atoms with E-state index in [0.29, 0.717) is 31.6 Å². The van der Waals surface area contributed by atoms with E-state index in [9.17, 15) is 43.2 Å². The number of hydrogen-bond acceptors (Lipinski definition) is 15. The first-order valence-electron chi connectivity index (χ1n) is 39.9. The predicted octanol–water partition coefficient (Wildman–Crippen LogP) is 22.6. The third-order valence-corrected chi connectivity index (χ3v) is 20.5. The number of hydrogen-bond donors (Lipinski definition) is 3. The summed E-state index contributed by atoms with van der Waals surface area (Å²) in [5, 5.41) is 10.6. The summed E-state index contributed by atoms with van der Waals surface area (Å²) in [6.07, 6.45) is 54.3. The average molecular weight is 1410 g/mol. The molecule has 0 rings (SSSR count). The number of phosphoric acid groups is 2. The second-order valence-electron chi connectivity index (χ2n) is 28.7. The van der Waals surface area contributed by atoms with Crippen molar-refractivity contribution in [2.24, 2.45) is 17.8 Å². The van der Waals surface area contributed by atoms with Gasteiger partial charge in [0.05, 0.1) is 26.4 Å². The largest absolute Gasteiger partial charge is 0.472 e. The fourth-order valence-corrected chi connectivity index (χ4v) is 13.3. The van der Waals surface area contributed by atoms with Gasteiger partial charge in [-0.25, -0.2) is 9.13 Å². The van der Waals surface area contributed by atoms with Crippen molar-refractivity contribution in [2.75, 3.05) is 39.6 Å². The number of carbonyl (C=O) groups excluding carboxylic acids is 4. The van der Waals surface area contributed by atoms with Gasteiger partial charge in [-0.3, -0.25) is 37.3 Å². The van der Waals surface area contributed by atoms with Gasteiger partial charge in [0, 0.05) is 25.7 Å². The van der Waals surface area contributed by atoms with E-state index in [-0.39, 0.29) is 25.7 Å². The topological polar surface area (TPSA) is 237 Å². The van der Waals surface area contributed by atoms with Gasteiger partial charge < -0.3 is 33.8 Å². The number of carbonyl (C=O) groups is 4. The normalized spacial score (nSPS) is 14.6. The van der Waals surface area contributed by atoms with Crippen molar-refractivity contribution in [1.29, 1.82) is 0 Å². The number of unbranched alkanes of at least 4 members (excludes halogenated alkanes) is 41. The van der Waals surface area contributed by atoms with E-state index in [1.807, 2.05) is 0 Å². The van der Waals surface area contributed by atoms with E-state index in [1.165, 1.54) is 199 Å². The second kappa shape index (κ2) is 67.5. The SMILES string of the molecule is CCCCCCCCCCCCCCCCCCCCCCCC(=O)O[C@H](COC(=O)CCCCCCCCCCCCC(C)CC)COP(=O)(O)OC[C@@H](O)COP(=O)(O)OC[C@@H](COC(=O)CCCCCCCCC(C)C)OC(=O)CCCCCCCCCCC(C)CC. The lowest BCUT2D eigenvalue weighted by molar-refractivity contribution is -0.161. The molecule has 0 aliphatic rings. The standard InChI is InChI=1S/C77H150O17P2/c1-8-11-12-13-14-15-16-17-18-19-20-21-22-23-24-25-26-31-37-46-53-60-76(81)93-72(64-87-74(79)58-51-44-36-30-28-27-29-34-42-49-56-69(6)9-2)66-91-95(83,84)89-62-71(78)63-90-96(85,86)92-67-73(65-88-75(80)59-52-45-40-39-41-48-55-68(4)5)94-77(82)61-54-47-38-33-32-35-43-50-57-70(7)10-3/h68-73,78H,8-67H2,1-7H3,(H,83,84)(H,85,86)/t69?,70?,71-,72-,73-/m1/s1. The van der Waals surface area contributed by atoms with Gasteiger partial charge in [0.2, 0.25) is 0 Å². The molecule has 0 aromatic rings. The molecule has 4 unspecified atom stereocenters. The van der Waals surface area contributed by atoms with E-state index >= 15 is 0 Å². The number of rotatable bonds is 75. The molecule has 0 aromatic heterocycles. The van der Waals surface area contributed by atoms with Crippen molar-refractivity contribution in [3.05, 3.63) is 0 Å². The van der Waals surface area contributed by atoms with Crippen LogP contribution in [0.2, 0.25) is 0 Å². The van der Waals surface area contributed by atoms with Crippen molar-refractivity contribution < 1.29 is 80.2 Å². The van der Waals surface area contributed by atoms with Gasteiger partial charge in [-0.1, -0.05) is 344 Å². The van der Waals surface area contributed by atoms with Crippen molar-refractivity contribution >= 4 is 39.5 Å². The highest BCUT2D eigenvalue weighted by molar-refractivity contribution is 7.47. The Morgan fingerprint density at radius 2 is 0.531 bits per heavy atom. The zero-order valence-electron chi connectivity index (χ0n) is 62.8. The van der Waals surface area contributed by atoms with Crippen LogP contribution in [0.25, 0.3) is 0 Å². The van der Waals surface area contributed by atoms with E-state index in [1.54, 1.807) is 0 Å². The Morgan fingerprint density at radius 3 is 0.792 bits per heavy atom. The lowest BCUT2D eigenvalue weighted by Gasteiger charge is -2.21. The maximum absolute atomic E-state index is 13.1. The number of aliphatic hydroxyl groups is 1. The van der Waals surface area contributed by atoms with Crippen LogP contribution in [0.4, 0.5) is 0 Å². The highest BCUT2D eigenvalue weighted by Crippen LogP contribution is 2.45. The molecule has 0 fully saturated rings. The Labute approximate surface area is 588 Å². The summed E-state index contributed by atoms with van der Waals surface area (Å²) in [4.78, 5) is 72.8. The fraction of sp³-hybridized carbons (Fsp3) is 0.948. The molecule has 96 heavy (non-hydrogen) atoms. The number of aliphatic hydroxyl groups excluding tert-OH is 1. The van der Waals surface area contributed by atoms with Gasteiger partial charge >= 0.3 is 39.5 Å². The average Bonchev–Trinajstić information content (AvgIpc) is 2.07. The monoisotopic (exact) mass is 1410 g/mol. The summed E-state index contributed by atoms with van der Waals surface area (Å²) in [7, 11) is -9.91. The predicted molar refractivity (Wildman–Crippen MR) is 391 cm³/mol. The minimum absolute atomic E-state index is 0.104. The van der Waals surface area contributed by atoms with Crippen LogP contribution in [0.15, 0.2) is 0 Å². The molecule has 19 heteroatoms. The summed E-state index contributed by atoms with van der Waals surface area (Å²) >= 11 is 0. The summed E-state index contributed by atoms with van der Waals surface area (Å²) in [5.41, 5.74) is 0. The van der Waals surface area contributed by atoms with Crippen molar-refractivity contribution in [2.45, 2.75) is 414 Å². The molecule has 0 saturated heterocycles. The molecule has 3 N–H and O–H groups in total. The van der Waals surface area contributed by atoms with Crippen molar-refractivity contribution in [3.8, 4) is 0 Å². The molecule has 0 aromatic carbocycles. The number of phosphoric ester groups is 2. The van der Waals surface area contributed by atoms with Crippen LogP contribution < -0.4 is 0 Å². The Kier molecular flexibility index (Phi) is 66.2. The minimum atomic E-state index is -4.96. The molecular weight excluding hydrogens is 1260 g/mol. The molecular formula is C77H150O17P2. The lowest BCUT2D eigenvalue weighted by Crippen LogP contribution is -2.30. The molecule has 570 valence electrons. The Morgan fingerprint density at radius 1 is 0.302 bits per heavy atom. The summed E-state index contributed by atoms with van der Waals surface area (Å²) in [6.45, 7) is 11.8. The molecule has 0 bridgehead atoms. The zero-order valence-corrected chi connectivity index (χ0v) is 64.6. The van der Waals surface area contributed by atoms with Gasteiger partial charge in [0.1, 0.15) is 19.3 Å². The molecule has 0 radical (unpaired) electrons. The van der Waals surface area contributed by atoms with Crippen LogP contribution in [-0.2, 0) is 65.4 Å². The molecule has 7 atom stereocenters. The molecule has 0 amide bonds. The second-order valence-corrected chi connectivity index (χ2v) is 31.6. The number of ether oxygens (including phenoxy) is 4. The Bertz CT molecular complexity index is 1870. The first-order valence-corrected chi connectivity index (χ1v) is 42.9. The maximum atomic E-state index is 13.1. The molecule has 0 aliphatic heterocycles. The third kappa shape index (κ3) is 67.9. The van der Waals surface area contributed by atoms with Crippen molar-refractivity contribution in [1.82, 2.24) is 0 Å². The van der Waals surface area contributed by atoms with Gasteiger partial charge in [-0.05, 0) is 43.4 Å². The summed E-state index contributed by atoms with van der Waals surface area (Å²) in [6, 6.07) is 0. The Hall–Kier alpha value is -1.94. The summed E-state index contributed by atoms with van der Waals surface area (Å²) < 4.78 is 68.5. The Balaban J connectivity index is 5.21. The van der Waals surface area contributed by atoms with Crippen LogP contribution >= 0.6 is 15.6 Å². The van der Waals surface area contributed by atoms with E-state index < -0.39 is 97.5 Å². The molecule has 0 spiro atoms. The van der Waals surface area contributed by atoms with Gasteiger partial charge in [-0.2, -0.15) is 0 Å². The molecule has 0 saturated carbocycles. The minimum Gasteiger partial charge on any atom is -0.462 e. The maximum Gasteiger partial charge on any atom is 0.472 e. The summed E-state index contributed by atoms with van der Waals surface area (Å²) in [5.74, 6) is 0.137. The quantitative estimate of drug-likeness (QED) is 0.0222. The first-order chi connectivity index (χ1) is 46.3. The van der Waals surface area contributed by atoms with Crippen LogP contribution in [0.5, 0.6) is 0 Å². The van der Waals surface area contributed by atoms with E-state index in [2.05, 4.69) is 48.5 Å². The van der Waals surface area contributed by atoms with E-state index in [4.69, 9.17) is 37.0 Å². The molecule has 0 aliphatic carbocycles. The van der Waals surface area contributed by atoms with Crippen molar-refractivity contribution in [3.63, 3.8) is 0 Å². The lowest BCUT2D eigenvalue weighted by atomic mass is 9.99. The third-order valence-electron chi connectivity index (χ3n) is 18.6. The number of esters is 4. The van der Waals surface area contributed by atoms with Crippen LogP contribution in [0.3, 0.4) is 0 Å². The molecule has 0 heterocycles. The fourth-order valence-electron chi connectivity index (χ4n) is 11.7. The smallest absolute Gasteiger partial charge is 0.462 e. The highest BCUT2D eigenvalue weighted by atomic mass is 31.2.